The van der Waals surface area contributed by atoms with Gasteiger partial charge < -0.3 is 14.7 Å². The van der Waals surface area contributed by atoms with Crippen molar-refractivity contribution < 1.29 is 14.6 Å². The van der Waals surface area contributed by atoms with E-state index in [-0.39, 0.29) is 18.5 Å². The molecule has 0 spiro atoms. The van der Waals surface area contributed by atoms with Gasteiger partial charge in [0.05, 0.1) is 7.11 Å². The number of pyridine rings is 1. The number of nitrogens with zero attached hydrogens (tertiary/aromatic N) is 2. The van der Waals surface area contributed by atoms with Crippen LogP contribution in [0.1, 0.15) is 55.3 Å². The molecule has 5 nitrogen and oxygen atoms in total. The number of hydrogen-bond donors (Lipinski definition) is 1. The highest BCUT2D eigenvalue weighted by Gasteiger charge is 2.33. The Bertz CT molecular complexity index is 619. The van der Waals surface area contributed by atoms with Crippen LogP contribution in [0.3, 0.4) is 0 Å². The summed E-state index contributed by atoms with van der Waals surface area (Å²) in [5.41, 5.74) is 0.516. The third-order valence-corrected chi connectivity index (χ3v) is 6.61. The fourth-order valence-electron chi connectivity index (χ4n) is 4.59. The normalized spacial score (nSPS) is 24.5. The number of esters is 1. The Hall–Kier alpha value is -0.890. The highest BCUT2D eigenvalue weighted by molar-refractivity contribution is 14.1. The Morgan fingerprint density at radius 2 is 2.08 bits per heavy atom. The Labute approximate surface area is 169 Å². The van der Waals surface area contributed by atoms with E-state index in [0.717, 1.165) is 29.0 Å². The van der Waals surface area contributed by atoms with Crippen LogP contribution in [0.15, 0.2) is 12.3 Å². The van der Waals surface area contributed by atoms with E-state index in [1.165, 1.54) is 45.6 Å². The van der Waals surface area contributed by atoms with Gasteiger partial charge >= 0.3 is 5.97 Å². The number of aliphatic hydroxyl groups is 1. The molecule has 26 heavy (non-hydrogen) atoms. The van der Waals surface area contributed by atoms with Crippen molar-refractivity contribution in [1.82, 2.24) is 4.98 Å². The first-order valence-corrected chi connectivity index (χ1v) is 10.8. The van der Waals surface area contributed by atoms with Gasteiger partial charge in [-0.3, -0.25) is 0 Å². The van der Waals surface area contributed by atoms with Crippen LogP contribution in [-0.4, -0.2) is 42.9 Å². The zero-order valence-corrected chi connectivity index (χ0v) is 17.7. The first kappa shape index (κ1) is 19.9. The molecular weight excluding hydrogens is 443 g/mol. The molecule has 2 aliphatic rings. The van der Waals surface area contributed by atoms with Gasteiger partial charge in [-0.05, 0) is 53.3 Å². The van der Waals surface area contributed by atoms with E-state index < -0.39 is 0 Å². The highest BCUT2D eigenvalue weighted by atomic mass is 127. The molecule has 3 rings (SSSR count). The second-order valence-electron chi connectivity index (χ2n) is 7.69. The summed E-state index contributed by atoms with van der Waals surface area (Å²) in [6, 6.07) is 1.83. The molecule has 6 heteroatoms. The predicted molar refractivity (Wildman–Crippen MR) is 110 cm³/mol. The number of carbonyl (C=O) groups excluding carboxylic acids is 1. The van der Waals surface area contributed by atoms with E-state index in [1.807, 2.05) is 6.07 Å². The zero-order valence-electron chi connectivity index (χ0n) is 15.5. The molecule has 0 bridgehead atoms. The van der Waals surface area contributed by atoms with Gasteiger partial charge in [0, 0.05) is 35.4 Å². The first-order valence-electron chi connectivity index (χ1n) is 9.72. The lowest BCUT2D eigenvalue weighted by atomic mass is 9.75. The maximum Gasteiger partial charge on any atom is 0.341 e. The van der Waals surface area contributed by atoms with Gasteiger partial charge in [-0.25, -0.2) is 9.78 Å². The number of halogens is 1. The van der Waals surface area contributed by atoms with Crippen molar-refractivity contribution in [1.29, 1.82) is 0 Å². The second-order valence-corrected chi connectivity index (χ2v) is 8.94. The third kappa shape index (κ3) is 4.68. The average molecular weight is 472 g/mol. The van der Waals surface area contributed by atoms with Crippen molar-refractivity contribution >= 4 is 34.4 Å². The minimum absolute atomic E-state index is 0.200. The standard InChI is InChI=1S/C20H29IN2O3/c1-26-20(25)18-10-17(21)11-22-19(18)23-8-7-15(16(12-23)13-24)9-14-5-3-2-4-6-14/h10-11,14-16,24H,2-9,12-13H2,1H3. The van der Waals surface area contributed by atoms with E-state index in [4.69, 9.17) is 4.74 Å². The lowest BCUT2D eigenvalue weighted by Gasteiger charge is -2.40. The Morgan fingerprint density at radius 1 is 1.31 bits per heavy atom. The van der Waals surface area contributed by atoms with Gasteiger partial charge in [0.2, 0.25) is 0 Å². The van der Waals surface area contributed by atoms with Gasteiger partial charge in [0.15, 0.2) is 0 Å². The average Bonchev–Trinajstić information content (AvgIpc) is 2.68. The van der Waals surface area contributed by atoms with E-state index in [1.54, 1.807) is 6.20 Å². The quantitative estimate of drug-likeness (QED) is 0.521. The minimum Gasteiger partial charge on any atom is -0.465 e. The van der Waals surface area contributed by atoms with Crippen molar-refractivity contribution in [2.75, 3.05) is 31.7 Å². The maximum absolute atomic E-state index is 12.2. The molecule has 0 aromatic carbocycles. The van der Waals surface area contributed by atoms with Crippen LogP contribution in [0, 0.1) is 21.3 Å². The minimum atomic E-state index is -0.351. The van der Waals surface area contributed by atoms with Gasteiger partial charge in [0.25, 0.3) is 0 Å². The molecular formula is C20H29IN2O3. The molecule has 0 radical (unpaired) electrons. The number of carbonyl (C=O) groups is 1. The number of ether oxygens (including phenoxy) is 1. The summed E-state index contributed by atoms with van der Waals surface area (Å²) in [6.45, 7) is 1.84. The lowest BCUT2D eigenvalue weighted by molar-refractivity contribution is 0.0600. The van der Waals surface area contributed by atoms with Crippen molar-refractivity contribution in [3.63, 3.8) is 0 Å². The van der Waals surface area contributed by atoms with E-state index in [2.05, 4.69) is 32.5 Å². The van der Waals surface area contributed by atoms with Crippen LogP contribution in [0.4, 0.5) is 5.82 Å². The molecule has 2 unspecified atom stereocenters. The van der Waals surface area contributed by atoms with Crippen LogP contribution in [-0.2, 0) is 4.74 Å². The molecule has 1 saturated carbocycles. The summed E-state index contributed by atoms with van der Waals surface area (Å²) in [4.78, 5) is 18.8. The topological polar surface area (TPSA) is 62.7 Å². The maximum atomic E-state index is 12.2. The number of methoxy groups -OCH3 is 1. The highest BCUT2D eigenvalue weighted by Crippen LogP contribution is 2.36. The molecule has 1 aromatic heterocycles. The number of aliphatic hydroxyl groups excluding tert-OH is 1. The molecule has 1 saturated heterocycles. The molecule has 2 atom stereocenters. The molecule has 144 valence electrons. The number of hydrogen-bond acceptors (Lipinski definition) is 5. The van der Waals surface area contributed by atoms with Crippen LogP contribution in [0.2, 0.25) is 0 Å². The van der Waals surface area contributed by atoms with Crippen molar-refractivity contribution in [2.24, 2.45) is 17.8 Å². The predicted octanol–water partition coefficient (Wildman–Crippen LogP) is 3.88. The summed E-state index contributed by atoms with van der Waals surface area (Å²) in [6.07, 6.45) is 10.9. The number of rotatable bonds is 5. The number of piperidine rings is 1. The van der Waals surface area contributed by atoms with E-state index in [0.29, 0.717) is 17.3 Å². The molecule has 1 aliphatic carbocycles. The van der Waals surface area contributed by atoms with E-state index >= 15 is 0 Å². The van der Waals surface area contributed by atoms with E-state index in [9.17, 15) is 9.90 Å². The van der Waals surface area contributed by atoms with Crippen LogP contribution in [0.5, 0.6) is 0 Å². The Kier molecular flexibility index (Phi) is 7.14. The smallest absolute Gasteiger partial charge is 0.341 e. The fraction of sp³-hybridized carbons (Fsp3) is 0.700. The van der Waals surface area contributed by atoms with Gasteiger partial charge in [0.1, 0.15) is 11.4 Å². The number of anilines is 1. The first-order chi connectivity index (χ1) is 12.6. The molecule has 0 amide bonds. The lowest BCUT2D eigenvalue weighted by Crippen LogP contribution is -2.43. The van der Waals surface area contributed by atoms with Gasteiger partial charge in [-0.1, -0.05) is 32.1 Å². The van der Waals surface area contributed by atoms with Crippen molar-refractivity contribution in [3.8, 4) is 0 Å². The Morgan fingerprint density at radius 3 is 2.77 bits per heavy atom. The molecule has 2 fully saturated rings. The van der Waals surface area contributed by atoms with Crippen LogP contribution >= 0.6 is 22.6 Å². The molecule has 1 N–H and O–H groups in total. The van der Waals surface area contributed by atoms with Crippen LogP contribution < -0.4 is 4.90 Å². The molecule has 1 aliphatic heterocycles. The molecule has 1 aromatic rings. The summed E-state index contributed by atoms with van der Waals surface area (Å²) >= 11 is 2.16. The summed E-state index contributed by atoms with van der Waals surface area (Å²) in [5.74, 6) is 1.99. The summed E-state index contributed by atoms with van der Waals surface area (Å²) < 4.78 is 5.85. The fourth-order valence-corrected chi connectivity index (χ4v) is 5.04. The third-order valence-electron chi connectivity index (χ3n) is 6.02. The second kappa shape index (κ2) is 9.35. The van der Waals surface area contributed by atoms with Crippen molar-refractivity contribution in [3.05, 3.63) is 21.4 Å². The summed E-state index contributed by atoms with van der Waals surface area (Å²) in [5, 5.41) is 9.98. The molecule has 2 heterocycles. The number of aromatic nitrogens is 1. The Balaban J connectivity index is 1.71. The zero-order chi connectivity index (χ0) is 18.5. The van der Waals surface area contributed by atoms with Crippen LogP contribution in [0.25, 0.3) is 0 Å². The van der Waals surface area contributed by atoms with Crippen molar-refractivity contribution in [2.45, 2.75) is 44.9 Å². The monoisotopic (exact) mass is 472 g/mol. The van der Waals surface area contributed by atoms with Gasteiger partial charge in [-0.15, -0.1) is 0 Å². The SMILES string of the molecule is COC(=O)c1cc(I)cnc1N1CCC(CC2CCCCC2)C(CO)C1. The largest absolute Gasteiger partial charge is 0.465 e. The summed E-state index contributed by atoms with van der Waals surface area (Å²) in [7, 11) is 1.40. The van der Waals surface area contributed by atoms with Gasteiger partial charge in [-0.2, -0.15) is 0 Å².